The fraction of sp³-hybridized carbons (Fsp3) is 0.250. The molecule has 0 aliphatic carbocycles. The number of carbonyl (C=O) groups excluding carboxylic acids is 1. The lowest BCUT2D eigenvalue weighted by Crippen LogP contribution is -2.39. The lowest BCUT2D eigenvalue weighted by molar-refractivity contribution is 0.0662. The number of aromatic nitrogens is 2. The summed E-state index contributed by atoms with van der Waals surface area (Å²) in [5, 5.41) is 0.530. The summed E-state index contributed by atoms with van der Waals surface area (Å²) in [6, 6.07) is 32.4. The minimum Gasteiger partial charge on any atom is -0.494 e. The van der Waals surface area contributed by atoms with Crippen molar-refractivity contribution in [2.45, 2.75) is 46.1 Å². The van der Waals surface area contributed by atoms with Crippen molar-refractivity contribution in [3.63, 3.8) is 0 Å². The highest BCUT2D eigenvalue weighted by Gasteiger charge is 2.30. The summed E-state index contributed by atoms with van der Waals surface area (Å²) in [6.45, 7) is 7.10. The molecule has 0 aliphatic heterocycles. The van der Waals surface area contributed by atoms with Crippen molar-refractivity contribution in [1.82, 2.24) is 14.5 Å². The van der Waals surface area contributed by atoms with Gasteiger partial charge in [-0.05, 0) is 85.8 Å². The second-order valence-electron chi connectivity index (χ2n) is 10.3. The largest absolute Gasteiger partial charge is 0.494 e. The third-order valence-corrected chi connectivity index (χ3v) is 7.62. The van der Waals surface area contributed by atoms with Crippen LogP contribution < -0.4 is 10.3 Å². The highest BCUT2D eigenvalue weighted by Crippen LogP contribution is 2.28. The molecule has 0 fully saturated rings. The van der Waals surface area contributed by atoms with Crippen molar-refractivity contribution >= 4 is 16.8 Å². The monoisotopic (exact) mass is 559 g/mol. The van der Waals surface area contributed by atoms with Crippen LogP contribution in [-0.4, -0.2) is 33.5 Å². The normalized spacial score (nSPS) is 11.8. The number of nitrogens with zero attached hydrogens (tertiary/aromatic N) is 3. The molecule has 0 spiro atoms. The maximum Gasteiger partial charge on any atom is 0.266 e. The molecule has 0 radical (unpaired) electrons. The first kappa shape index (κ1) is 28.8. The average Bonchev–Trinajstić information content (AvgIpc) is 3.04. The lowest BCUT2D eigenvalue weighted by Gasteiger charge is -2.32. The number of ether oxygens (including phenoxy) is 1. The second kappa shape index (κ2) is 13.3. The number of benzene rings is 4. The van der Waals surface area contributed by atoms with E-state index in [0.717, 1.165) is 17.7 Å². The maximum absolute atomic E-state index is 14.2. The number of hydrogen-bond donors (Lipinski definition) is 0. The molecule has 42 heavy (non-hydrogen) atoms. The maximum atomic E-state index is 14.2. The molecule has 1 atom stereocenters. The molecule has 5 aromatic rings. The number of rotatable bonds is 11. The molecule has 1 amide bonds. The fourth-order valence-electron chi connectivity index (χ4n) is 5.37. The first-order valence-electron chi connectivity index (χ1n) is 14.7. The van der Waals surface area contributed by atoms with E-state index in [2.05, 4.69) is 19.1 Å². The van der Waals surface area contributed by atoms with E-state index in [-0.39, 0.29) is 11.5 Å². The van der Waals surface area contributed by atoms with Crippen LogP contribution in [0.15, 0.2) is 108 Å². The van der Waals surface area contributed by atoms with E-state index in [4.69, 9.17) is 9.72 Å². The lowest BCUT2D eigenvalue weighted by atomic mass is 10.0. The number of carbonyl (C=O) groups is 1. The fourth-order valence-corrected chi connectivity index (χ4v) is 5.37. The van der Waals surface area contributed by atoms with Gasteiger partial charge in [0.05, 0.1) is 29.2 Å². The Morgan fingerprint density at radius 1 is 0.833 bits per heavy atom. The number of para-hydroxylation sites is 1. The molecule has 1 aromatic heterocycles. The van der Waals surface area contributed by atoms with Gasteiger partial charge >= 0.3 is 0 Å². The minimum atomic E-state index is -0.448. The summed E-state index contributed by atoms with van der Waals surface area (Å²) in [5.41, 5.74) is 4.06. The van der Waals surface area contributed by atoms with Crippen molar-refractivity contribution in [2.24, 2.45) is 0 Å². The molecule has 5 rings (SSSR count). The summed E-state index contributed by atoms with van der Waals surface area (Å²) >= 11 is 0. The number of fused-ring (bicyclic) bond motifs is 1. The zero-order valence-corrected chi connectivity index (χ0v) is 24.5. The molecule has 4 aromatic carbocycles. The van der Waals surface area contributed by atoms with Crippen LogP contribution >= 0.6 is 0 Å². The molecular formula is C36H37N3O3. The van der Waals surface area contributed by atoms with Crippen LogP contribution in [0.25, 0.3) is 16.6 Å². The first-order valence-corrected chi connectivity index (χ1v) is 14.7. The quantitative estimate of drug-likeness (QED) is 0.172. The highest BCUT2D eigenvalue weighted by molar-refractivity contribution is 5.94. The molecule has 0 saturated heterocycles. The van der Waals surface area contributed by atoms with E-state index in [9.17, 15) is 9.59 Å². The van der Waals surface area contributed by atoms with Crippen LogP contribution in [0.2, 0.25) is 0 Å². The number of aryl methyl sites for hydroxylation is 1. The molecule has 0 aliphatic rings. The van der Waals surface area contributed by atoms with Gasteiger partial charge in [-0.1, -0.05) is 68.4 Å². The Hall–Kier alpha value is -4.71. The van der Waals surface area contributed by atoms with Crippen LogP contribution in [0.4, 0.5) is 0 Å². The zero-order valence-electron chi connectivity index (χ0n) is 24.5. The molecule has 1 unspecified atom stereocenters. The number of amides is 1. The van der Waals surface area contributed by atoms with E-state index in [1.54, 1.807) is 10.6 Å². The van der Waals surface area contributed by atoms with E-state index >= 15 is 0 Å². The van der Waals surface area contributed by atoms with Gasteiger partial charge in [-0.2, -0.15) is 0 Å². The predicted molar refractivity (Wildman–Crippen MR) is 169 cm³/mol. The Labute approximate surface area is 247 Å². The molecule has 0 N–H and O–H groups in total. The van der Waals surface area contributed by atoms with E-state index in [0.29, 0.717) is 54.0 Å². The van der Waals surface area contributed by atoms with E-state index in [1.807, 2.05) is 104 Å². The number of hydrogen-bond acceptors (Lipinski definition) is 4. The van der Waals surface area contributed by atoms with E-state index < -0.39 is 6.04 Å². The van der Waals surface area contributed by atoms with Gasteiger partial charge in [0.25, 0.3) is 11.5 Å². The third kappa shape index (κ3) is 6.13. The van der Waals surface area contributed by atoms with Crippen molar-refractivity contribution < 1.29 is 9.53 Å². The van der Waals surface area contributed by atoms with Gasteiger partial charge in [0.2, 0.25) is 0 Å². The summed E-state index contributed by atoms with van der Waals surface area (Å²) in [5.74, 6) is 1.19. The van der Waals surface area contributed by atoms with Crippen LogP contribution in [-0.2, 0) is 12.8 Å². The van der Waals surface area contributed by atoms with Gasteiger partial charge in [0.1, 0.15) is 11.6 Å². The van der Waals surface area contributed by atoms with E-state index in [1.165, 1.54) is 5.56 Å². The third-order valence-electron chi connectivity index (χ3n) is 7.62. The van der Waals surface area contributed by atoms with Gasteiger partial charge in [-0.25, -0.2) is 4.98 Å². The Balaban J connectivity index is 1.65. The molecule has 1 heterocycles. The van der Waals surface area contributed by atoms with Crippen molar-refractivity contribution in [1.29, 1.82) is 0 Å². The Morgan fingerprint density at radius 3 is 2.19 bits per heavy atom. The van der Waals surface area contributed by atoms with Gasteiger partial charge < -0.3 is 9.64 Å². The van der Waals surface area contributed by atoms with Crippen molar-refractivity contribution in [3.05, 3.63) is 136 Å². The smallest absolute Gasteiger partial charge is 0.266 e. The van der Waals surface area contributed by atoms with Crippen LogP contribution in [0.1, 0.15) is 60.5 Å². The van der Waals surface area contributed by atoms with Crippen LogP contribution in [0, 0.1) is 0 Å². The first-order chi connectivity index (χ1) is 20.5. The SMILES string of the molecule is CCOc1ccc(-n2c(C(CC)N(CCc3ccccc3)C(=O)c3ccc(CC)cc3)nc3ccccc3c2=O)cc1. The van der Waals surface area contributed by atoms with Gasteiger partial charge in [-0.15, -0.1) is 0 Å². The van der Waals surface area contributed by atoms with Crippen LogP contribution in [0.5, 0.6) is 5.75 Å². The molecule has 6 heteroatoms. The van der Waals surface area contributed by atoms with Gasteiger partial charge in [-0.3, -0.25) is 14.2 Å². The molecule has 214 valence electrons. The summed E-state index contributed by atoms with van der Waals surface area (Å²) in [7, 11) is 0. The Morgan fingerprint density at radius 2 is 1.52 bits per heavy atom. The Kier molecular flexibility index (Phi) is 9.12. The summed E-state index contributed by atoms with van der Waals surface area (Å²) in [6.07, 6.45) is 2.16. The second-order valence-corrected chi connectivity index (χ2v) is 10.3. The average molecular weight is 560 g/mol. The molecule has 0 bridgehead atoms. The topological polar surface area (TPSA) is 64.4 Å². The van der Waals surface area contributed by atoms with Crippen molar-refractivity contribution in [2.75, 3.05) is 13.2 Å². The molecule has 6 nitrogen and oxygen atoms in total. The highest BCUT2D eigenvalue weighted by atomic mass is 16.5. The van der Waals surface area contributed by atoms with Gasteiger partial charge in [0.15, 0.2) is 0 Å². The van der Waals surface area contributed by atoms with Crippen LogP contribution in [0.3, 0.4) is 0 Å². The molecule has 0 saturated carbocycles. The Bertz CT molecular complexity index is 1690. The van der Waals surface area contributed by atoms with Crippen molar-refractivity contribution in [3.8, 4) is 11.4 Å². The van der Waals surface area contributed by atoms with Gasteiger partial charge in [0, 0.05) is 12.1 Å². The summed E-state index contributed by atoms with van der Waals surface area (Å²) in [4.78, 5) is 35.3. The minimum absolute atomic E-state index is 0.0823. The summed E-state index contributed by atoms with van der Waals surface area (Å²) < 4.78 is 7.31. The predicted octanol–water partition coefficient (Wildman–Crippen LogP) is 7.18. The molecular weight excluding hydrogens is 522 g/mol. The zero-order chi connectivity index (χ0) is 29.5. The standard InChI is InChI=1S/C36H37N3O3/c1-4-26-16-18-28(19-17-26)35(40)38(25-24-27-12-8-7-9-13-27)33(5-2)34-37-32-15-11-10-14-31(32)36(41)39(34)29-20-22-30(23-21-29)42-6-3/h7-23,33H,4-6,24-25H2,1-3H3.